The molecule has 0 aliphatic carbocycles. The first-order valence-corrected chi connectivity index (χ1v) is 14.0. The van der Waals surface area contributed by atoms with Crippen LogP contribution in [0.1, 0.15) is 136 Å². The second-order valence-electron chi connectivity index (χ2n) is 9.63. The Morgan fingerprint density at radius 1 is 0.536 bits per heavy atom. The fraction of sp³-hybridized carbons (Fsp3) is 1.00. The molecule has 0 saturated heterocycles. The van der Waals surface area contributed by atoms with Crippen molar-refractivity contribution in [3.63, 3.8) is 0 Å². The number of unbranched alkanes of at least 4 members (excludes halogenated alkanes) is 16. The molecule has 0 amide bonds. The molecule has 2 heteroatoms. The molecule has 0 bridgehead atoms. The van der Waals surface area contributed by atoms with Gasteiger partial charge in [0.15, 0.2) is 0 Å². The number of hydrogen-bond acceptors (Lipinski definition) is 1. The minimum atomic E-state index is 0.739. The van der Waals surface area contributed by atoms with Crippen LogP contribution in [0.15, 0.2) is 0 Å². The standard InChI is InChI=1S/C26H56NS/c1-6-8-10-11-12-13-14-15-16-17-18-19-20-21-22-23-24-27(4,5)26(3)28-25-9-7-2/h26H,6-25H2,1-5H3/q+1. The van der Waals surface area contributed by atoms with Crippen LogP contribution in [0.25, 0.3) is 0 Å². The highest BCUT2D eigenvalue weighted by atomic mass is 32.2. The number of hydrogen-bond donors (Lipinski definition) is 0. The van der Waals surface area contributed by atoms with E-state index in [1.807, 2.05) is 0 Å². The minimum absolute atomic E-state index is 0.739. The summed E-state index contributed by atoms with van der Waals surface area (Å²) >= 11 is 2.17. The lowest BCUT2D eigenvalue weighted by Crippen LogP contribution is -2.46. The average Bonchev–Trinajstić information content (AvgIpc) is 2.67. The maximum atomic E-state index is 2.43. The van der Waals surface area contributed by atoms with E-state index < -0.39 is 0 Å². The normalized spacial score (nSPS) is 13.2. The average molecular weight is 415 g/mol. The summed E-state index contributed by atoms with van der Waals surface area (Å²) in [6.07, 6.45) is 26.0. The van der Waals surface area contributed by atoms with Gasteiger partial charge in [0, 0.05) is 0 Å². The van der Waals surface area contributed by atoms with Crippen LogP contribution in [-0.4, -0.2) is 36.2 Å². The van der Waals surface area contributed by atoms with Crippen molar-refractivity contribution in [2.45, 2.75) is 142 Å². The van der Waals surface area contributed by atoms with Gasteiger partial charge in [0.1, 0.15) is 5.37 Å². The fourth-order valence-electron chi connectivity index (χ4n) is 3.85. The Labute approximate surface area is 184 Å². The van der Waals surface area contributed by atoms with Crippen LogP contribution in [0, 0.1) is 0 Å². The van der Waals surface area contributed by atoms with Gasteiger partial charge in [0.2, 0.25) is 0 Å². The second kappa shape index (κ2) is 20.6. The van der Waals surface area contributed by atoms with E-state index >= 15 is 0 Å². The molecule has 1 atom stereocenters. The zero-order valence-electron chi connectivity index (χ0n) is 20.6. The SMILES string of the molecule is CCCCCCCCCCCCCCCCCC[N+](C)(C)C(C)SCCCC. The molecular formula is C26H56NS+. The zero-order valence-corrected chi connectivity index (χ0v) is 21.4. The first-order chi connectivity index (χ1) is 13.5. The van der Waals surface area contributed by atoms with Crippen LogP contribution in [-0.2, 0) is 0 Å². The lowest BCUT2D eigenvalue weighted by Gasteiger charge is -2.35. The molecule has 0 aliphatic rings. The summed E-state index contributed by atoms with van der Waals surface area (Å²) in [5, 5.41) is 0.739. The summed E-state index contributed by atoms with van der Waals surface area (Å²) in [5.74, 6) is 1.33. The predicted molar refractivity (Wildman–Crippen MR) is 133 cm³/mol. The van der Waals surface area contributed by atoms with E-state index in [9.17, 15) is 0 Å². The number of quaternary nitrogens is 1. The Balaban J connectivity index is 3.32. The van der Waals surface area contributed by atoms with Crippen LogP contribution in [0.5, 0.6) is 0 Å². The molecule has 0 fully saturated rings. The molecular weight excluding hydrogens is 358 g/mol. The summed E-state index contributed by atoms with van der Waals surface area (Å²) in [6.45, 7) is 8.36. The van der Waals surface area contributed by atoms with E-state index in [1.54, 1.807) is 0 Å². The monoisotopic (exact) mass is 414 g/mol. The molecule has 1 nitrogen and oxygen atoms in total. The lowest BCUT2D eigenvalue weighted by molar-refractivity contribution is -0.898. The topological polar surface area (TPSA) is 0 Å². The van der Waals surface area contributed by atoms with Crippen LogP contribution in [0.3, 0.4) is 0 Å². The Hall–Kier alpha value is 0.310. The lowest BCUT2D eigenvalue weighted by atomic mass is 10.0. The van der Waals surface area contributed by atoms with Crippen LogP contribution in [0.4, 0.5) is 0 Å². The van der Waals surface area contributed by atoms with Crippen molar-refractivity contribution in [3.05, 3.63) is 0 Å². The first kappa shape index (κ1) is 28.3. The predicted octanol–water partition coefficient (Wildman–Crippen LogP) is 9.20. The van der Waals surface area contributed by atoms with Gasteiger partial charge in [-0.1, -0.05) is 122 Å². The van der Waals surface area contributed by atoms with Crippen molar-refractivity contribution in [2.75, 3.05) is 26.4 Å². The summed E-state index contributed by atoms with van der Waals surface area (Å²) in [6, 6.07) is 0. The van der Waals surface area contributed by atoms with E-state index in [0.717, 1.165) is 5.37 Å². The highest BCUT2D eigenvalue weighted by Crippen LogP contribution is 2.22. The van der Waals surface area contributed by atoms with Gasteiger partial charge in [-0.05, 0) is 31.9 Å². The number of rotatable bonds is 22. The molecule has 0 heterocycles. The summed E-state index contributed by atoms with van der Waals surface area (Å²) < 4.78 is 1.19. The second-order valence-corrected chi connectivity index (χ2v) is 11.1. The van der Waals surface area contributed by atoms with Crippen molar-refractivity contribution in [1.29, 1.82) is 0 Å². The van der Waals surface area contributed by atoms with E-state index in [2.05, 4.69) is 46.6 Å². The van der Waals surface area contributed by atoms with E-state index in [-0.39, 0.29) is 0 Å². The van der Waals surface area contributed by atoms with Crippen molar-refractivity contribution in [1.82, 2.24) is 0 Å². The van der Waals surface area contributed by atoms with E-state index in [4.69, 9.17) is 0 Å². The molecule has 0 aromatic carbocycles. The van der Waals surface area contributed by atoms with E-state index in [1.165, 1.54) is 132 Å². The first-order valence-electron chi connectivity index (χ1n) is 13.0. The van der Waals surface area contributed by atoms with E-state index in [0.29, 0.717) is 0 Å². The minimum Gasteiger partial charge on any atom is -0.318 e. The quantitative estimate of drug-likeness (QED) is 0.0966. The van der Waals surface area contributed by atoms with Gasteiger partial charge in [-0.2, -0.15) is 0 Å². The molecule has 0 aliphatic heterocycles. The highest BCUT2D eigenvalue weighted by Gasteiger charge is 2.23. The maximum Gasteiger partial charge on any atom is 0.132 e. The third-order valence-corrected chi connectivity index (χ3v) is 8.01. The largest absolute Gasteiger partial charge is 0.318 e. The Bertz CT molecular complexity index is 303. The molecule has 0 aromatic rings. The van der Waals surface area contributed by atoms with Gasteiger partial charge in [-0.15, -0.1) is 0 Å². The summed E-state index contributed by atoms with van der Waals surface area (Å²) in [5.41, 5.74) is 0. The van der Waals surface area contributed by atoms with Crippen molar-refractivity contribution >= 4 is 11.8 Å². The zero-order chi connectivity index (χ0) is 20.9. The van der Waals surface area contributed by atoms with Gasteiger partial charge < -0.3 is 4.48 Å². The van der Waals surface area contributed by atoms with Gasteiger partial charge >= 0.3 is 0 Å². The summed E-state index contributed by atoms with van der Waals surface area (Å²) in [4.78, 5) is 0. The molecule has 28 heavy (non-hydrogen) atoms. The Kier molecular flexibility index (Phi) is 20.8. The number of nitrogens with zero attached hydrogens (tertiary/aromatic N) is 1. The fourth-order valence-corrected chi connectivity index (χ4v) is 5.15. The summed E-state index contributed by atoms with van der Waals surface area (Å²) in [7, 11) is 4.85. The van der Waals surface area contributed by atoms with Crippen molar-refractivity contribution < 1.29 is 4.48 Å². The molecule has 170 valence electrons. The highest BCUT2D eigenvalue weighted by molar-refractivity contribution is 7.99. The van der Waals surface area contributed by atoms with Crippen LogP contribution in [0.2, 0.25) is 0 Å². The Morgan fingerprint density at radius 3 is 1.29 bits per heavy atom. The number of thioether (sulfide) groups is 1. The van der Waals surface area contributed by atoms with Crippen molar-refractivity contribution in [3.8, 4) is 0 Å². The third-order valence-electron chi connectivity index (χ3n) is 6.43. The molecule has 0 rings (SSSR count). The molecule has 0 spiro atoms. The van der Waals surface area contributed by atoms with Crippen molar-refractivity contribution in [2.24, 2.45) is 0 Å². The van der Waals surface area contributed by atoms with Gasteiger partial charge in [0.25, 0.3) is 0 Å². The van der Waals surface area contributed by atoms with Gasteiger partial charge in [-0.25, -0.2) is 0 Å². The third kappa shape index (κ3) is 18.3. The van der Waals surface area contributed by atoms with Crippen LogP contribution >= 0.6 is 11.8 Å². The van der Waals surface area contributed by atoms with Gasteiger partial charge in [0.05, 0.1) is 20.6 Å². The smallest absolute Gasteiger partial charge is 0.132 e. The maximum absolute atomic E-state index is 2.43. The van der Waals surface area contributed by atoms with Gasteiger partial charge in [-0.3, -0.25) is 0 Å². The molecule has 0 N–H and O–H groups in total. The van der Waals surface area contributed by atoms with Crippen LogP contribution < -0.4 is 0 Å². The Morgan fingerprint density at radius 2 is 0.893 bits per heavy atom. The molecule has 0 aromatic heterocycles. The molecule has 1 unspecified atom stereocenters. The molecule has 0 radical (unpaired) electrons. The molecule has 0 saturated carbocycles.